The van der Waals surface area contributed by atoms with E-state index in [0.29, 0.717) is 12.1 Å². The summed E-state index contributed by atoms with van der Waals surface area (Å²) in [7, 11) is 1.90. The number of nitrogens with one attached hydrogen (secondary N) is 2. The largest absolute Gasteiger partial charge is 0.373 e. The Labute approximate surface area is 115 Å². The van der Waals surface area contributed by atoms with Crippen LogP contribution in [0.15, 0.2) is 6.33 Å². The van der Waals surface area contributed by atoms with Crippen LogP contribution in [-0.2, 0) is 6.42 Å². The van der Waals surface area contributed by atoms with Gasteiger partial charge in [0.15, 0.2) is 0 Å². The predicted molar refractivity (Wildman–Crippen MR) is 79.2 cm³/mol. The molecule has 0 bridgehead atoms. The highest BCUT2D eigenvalue weighted by molar-refractivity contribution is 5.56. The van der Waals surface area contributed by atoms with Gasteiger partial charge in [-0.05, 0) is 33.1 Å². The zero-order valence-corrected chi connectivity index (χ0v) is 12.4. The Balaban J connectivity index is 2.22. The Hall–Kier alpha value is -1.36. The second-order valence-electron chi connectivity index (χ2n) is 5.30. The molecule has 2 heterocycles. The molecule has 106 valence electrons. The number of hydrogen-bond acceptors (Lipinski definition) is 5. The molecule has 5 heteroatoms. The lowest BCUT2D eigenvalue weighted by Crippen LogP contribution is -2.47. The summed E-state index contributed by atoms with van der Waals surface area (Å²) in [4.78, 5) is 8.70. The first kappa shape index (κ1) is 14.1. The van der Waals surface area contributed by atoms with Gasteiger partial charge in [-0.25, -0.2) is 15.0 Å². The highest BCUT2D eigenvalue weighted by atomic mass is 15.5. The second-order valence-corrected chi connectivity index (χ2v) is 5.30. The predicted octanol–water partition coefficient (Wildman–Crippen LogP) is 2.67. The van der Waals surface area contributed by atoms with E-state index in [0.717, 1.165) is 23.6 Å². The van der Waals surface area contributed by atoms with Crippen molar-refractivity contribution >= 4 is 11.6 Å². The molecular weight excluding hydrogens is 238 g/mol. The van der Waals surface area contributed by atoms with Crippen LogP contribution in [0.5, 0.6) is 0 Å². The molecule has 1 aromatic heterocycles. The monoisotopic (exact) mass is 263 g/mol. The highest BCUT2D eigenvalue weighted by Gasteiger charge is 2.25. The van der Waals surface area contributed by atoms with Crippen LogP contribution in [0.2, 0.25) is 0 Å². The molecule has 19 heavy (non-hydrogen) atoms. The maximum absolute atomic E-state index is 4.42. The van der Waals surface area contributed by atoms with Gasteiger partial charge < -0.3 is 10.7 Å². The van der Waals surface area contributed by atoms with E-state index in [1.807, 2.05) is 7.05 Å². The van der Waals surface area contributed by atoms with Crippen LogP contribution in [0.3, 0.4) is 0 Å². The molecule has 1 aliphatic heterocycles. The first-order valence-corrected chi connectivity index (χ1v) is 7.24. The van der Waals surface area contributed by atoms with E-state index < -0.39 is 0 Å². The minimum Gasteiger partial charge on any atom is -0.373 e. The third kappa shape index (κ3) is 2.97. The van der Waals surface area contributed by atoms with Crippen LogP contribution in [0.1, 0.15) is 45.6 Å². The van der Waals surface area contributed by atoms with Gasteiger partial charge in [0.25, 0.3) is 0 Å². The molecule has 5 nitrogen and oxygen atoms in total. The lowest BCUT2D eigenvalue weighted by Gasteiger charge is -2.39. The van der Waals surface area contributed by atoms with Crippen molar-refractivity contribution in [2.75, 3.05) is 17.8 Å². The van der Waals surface area contributed by atoms with Crippen LogP contribution in [0.25, 0.3) is 0 Å². The standard InChI is InChI=1S/C14H25N5/c1-5-12-13(15-4)16-9-17-14(12)18-19-10(2)7-6-8-11(19)3/h9-11H,5-8H2,1-4H3,(H2,15,16,17,18). The molecule has 2 atom stereocenters. The third-order valence-corrected chi connectivity index (χ3v) is 3.96. The summed E-state index contributed by atoms with van der Waals surface area (Å²) in [5, 5.41) is 5.47. The Bertz CT molecular complexity index is 410. The number of aromatic nitrogens is 2. The van der Waals surface area contributed by atoms with Crippen molar-refractivity contribution in [3.05, 3.63) is 11.9 Å². The van der Waals surface area contributed by atoms with E-state index in [1.54, 1.807) is 6.33 Å². The van der Waals surface area contributed by atoms with Gasteiger partial charge in [0.1, 0.15) is 18.0 Å². The van der Waals surface area contributed by atoms with Gasteiger partial charge >= 0.3 is 0 Å². The summed E-state index contributed by atoms with van der Waals surface area (Å²) in [5.41, 5.74) is 4.66. The number of nitrogens with zero attached hydrogens (tertiary/aromatic N) is 3. The summed E-state index contributed by atoms with van der Waals surface area (Å²) >= 11 is 0. The average Bonchev–Trinajstić information content (AvgIpc) is 2.42. The SMILES string of the molecule is CCc1c(NC)ncnc1NN1C(C)CCCC1C. The van der Waals surface area contributed by atoms with E-state index in [4.69, 9.17) is 0 Å². The first-order valence-electron chi connectivity index (χ1n) is 7.24. The van der Waals surface area contributed by atoms with E-state index in [2.05, 4.69) is 46.5 Å². The number of hydrogen-bond donors (Lipinski definition) is 2. The second kappa shape index (κ2) is 6.19. The molecule has 0 aliphatic carbocycles. The van der Waals surface area contributed by atoms with Gasteiger partial charge in [-0.15, -0.1) is 0 Å². The Kier molecular flexibility index (Phi) is 4.58. The topological polar surface area (TPSA) is 53.1 Å². The number of hydrazine groups is 1. The molecule has 1 aromatic rings. The number of piperidine rings is 1. The fourth-order valence-electron chi connectivity index (χ4n) is 2.82. The Morgan fingerprint density at radius 2 is 1.84 bits per heavy atom. The lowest BCUT2D eigenvalue weighted by atomic mass is 10.00. The van der Waals surface area contributed by atoms with Crippen molar-refractivity contribution in [2.45, 2.75) is 58.5 Å². The maximum atomic E-state index is 4.42. The molecule has 2 N–H and O–H groups in total. The molecule has 2 rings (SSSR count). The van der Waals surface area contributed by atoms with Gasteiger partial charge in [0, 0.05) is 24.7 Å². The van der Waals surface area contributed by atoms with E-state index in [-0.39, 0.29) is 0 Å². The van der Waals surface area contributed by atoms with Crippen molar-refractivity contribution in [2.24, 2.45) is 0 Å². The fourth-order valence-corrected chi connectivity index (χ4v) is 2.82. The Morgan fingerprint density at radius 3 is 2.42 bits per heavy atom. The lowest BCUT2D eigenvalue weighted by molar-refractivity contribution is 0.135. The van der Waals surface area contributed by atoms with Gasteiger partial charge in [-0.3, -0.25) is 0 Å². The molecule has 1 aliphatic rings. The quantitative estimate of drug-likeness (QED) is 0.874. The number of rotatable bonds is 4. The van der Waals surface area contributed by atoms with Gasteiger partial charge in [0.05, 0.1) is 0 Å². The van der Waals surface area contributed by atoms with Crippen LogP contribution >= 0.6 is 0 Å². The zero-order valence-electron chi connectivity index (χ0n) is 12.4. The van der Waals surface area contributed by atoms with Crippen LogP contribution in [0.4, 0.5) is 11.6 Å². The maximum Gasteiger partial charge on any atom is 0.149 e. The minimum absolute atomic E-state index is 0.543. The van der Waals surface area contributed by atoms with Crippen LogP contribution in [-0.4, -0.2) is 34.1 Å². The summed E-state index contributed by atoms with van der Waals surface area (Å²) in [5.74, 6) is 1.85. The molecule has 1 saturated heterocycles. The van der Waals surface area contributed by atoms with Gasteiger partial charge in [0.2, 0.25) is 0 Å². The normalized spacial score (nSPS) is 24.2. The van der Waals surface area contributed by atoms with Crippen molar-refractivity contribution in [3.8, 4) is 0 Å². The Morgan fingerprint density at radius 1 is 1.21 bits per heavy atom. The van der Waals surface area contributed by atoms with E-state index in [9.17, 15) is 0 Å². The average molecular weight is 263 g/mol. The third-order valence-electron chi connectivity index (χ3n) is 3.96. The smallest absolute Gasteiger partial charge is 0.149 e. The highest BCUT2D eigenvalue weighted by Crippen LogP contribution is 2.26. The summed E-state index contributed by atoms with van der Waals surface area (Å²) in [6.45, 7) is 6.68. The summed E-state index contributed by atoms with van der Waals surface area (Å²) in [6.07, 6.45) is 6.32. The molecule has 1 fully saturated rings. The first-order chi connectivity index (χ1) is 9.17. The van der Waals surface area contributed by atoms with E-state index in [1.165, 1.54) is 19.3 Å². The molecule has 0 aromatic carbocycles. The van der Waals surface area contributed by atoms with Gasteiger partial charge in [-0.2, -0.15) is 0 Å². The van der Waals surface area contributed by atoms with Crippen molar-refractivity contribution in [3.63, 3.8) is 0 Å². The molecule has 0 radical (unpaired) electrons. The zero-order chi connectivity index (χ0) is 13.8. The van der Waals surface area contributed by atoms with Crippen molar-refractivity contribution in [1.82, 2.24) is 15.0 Å². The molecule has 0 saturated carbocycles. The van der Waals surface area contributed by atoms with E-state index >= 15 is 0 Å². The van der Waals surface area contributed by atoms with Gasteiger partial charge in [-0.1, -0.05) is 13.3 Å². The molecular formula is C14H25N5. The van der Waals surface area contributed by atoms with Crippen molar-refractivity contribution < 1.29 is 0 Å². The number of anilines is 2. The molecule has 0 spiro atoms. The molecule has 2 unspecified atom stereocenters. The minimum atomic E-state index is 0.543. The van der Waals surface area contributed by atoms with Crippen molar-refractivity contribution in [1.29, 1.82) is 0 Å². The fraction of sp³-hybridized carbons (Fsp3) is 0.714. The van der Waals surface area contributed by atoms with Crippen LogP contribution in [0, 0.1) is 0 Å². The molecule has 0 amide bonds. The summed E-state index contributed by atoms with van der Waals surface area (Å²) in [6, 6.07) is 1.09. The summed E-state index contributed by atoms with van der Waals surface area (Å²) < 4.78 is 0. The van der Waals surface area contributed by atoms with Crippen LogP contribution < -0.4 is 10.7 Å².